The van der Waals surface area contributed by atoms with Gasteiger partial charge in [-0.2, -0.15) is 5.10 Å². The van der Waals surface area contributed by atoms with E-state index in [9.17, 15) is 0 Å². The van der Waals surface area contributed by atoms with E-state index in [1.807, 2.05) is 18.5 Å². The van der Waals surface area contributed by atoms with Crippen LogP contribution in [0.1, 0.15) is 47.7 Å². The zero-order chi connectivity index (χ0) is 17.8. The summed E-state index contributed by atoms with van der Waals surface area (Å²) in [6, 6.07) is 4.53. The average Bonchev–Trinajstić information content (AvgIpc) is 2.99. The van der Waals surface area contributed by atoms with Gasteiger partial charge in [0.05, 0.1) is 11.9 Å². The third-order valence-electron chi connectivity index (χ3n) is 4.95. The molecule has 1 aliphatic rings. The lowest BCUT2D eigenvalue weighted by atomic mass is 9.96. The Hall–Kier alpha value is -1.72. The maximum absolute atomic E-state index is 4.38. The molecule has 1 saturated heterocycles. The van der Waals surface area contributed by atoms with E-state index in [2.05, 4.69) is 53.3 Å². The molecule has 2 aromatic rings. The molecule has 0 unspecified atom stereocenters. The largest absolute Gasteiger partial charge is 0.299 e. The van der Waals surface area contributed by atoms with Crippen LogP contribution in [0.25, 0.3) is 0 Å². The average molecular weight is 357 g/mol. The van der Waals surface area contributed by atoms with Crippen LogP contribution in [-0.2, 0) is 6.54 Å². The van der Waals surface area contributed by atoms with E-state index in [0.717, 1.165) is 23.3 Å². The standard InChI is InChI=1S/C20H28N4S/c1-14-5-7-24(8-6-14)12-19-10-15(2)9-18(17(19)4)11-21-23-20-22-16(3)13-25-20/h9-11,13-14H,5-8,12H2,1-4H3,(H,22,23). The Bertz CT molecular complexity index is 742. The first kappa shape index (κ1) is 18.1. The minimum absolute atomic E-state index is 0.835. The summed E-state index contributed by atoms with van der Waals surface area (Å²) < 4.78 is 0. The fourth-order valence-corrected chi connectivity index (χ4v) is 3.92. The van der Waals surface area contributed by atoms with Gasteiger partial charge in [0.2, 0.25) is 5.13 Å². The molecule has 0 radical (unpaired) electrons. The molecule has 0 amide bonds. The Morgan fingerprint density at radius 2 is 2.04 bits per heavy atom. The number of hydrogen-bond acceptors (Lipinski definition) is 5. The molecule has 1 fully saturated rings. The summed E-state index contributed by atoms with van der Waals surface area (Å²) in [5.74, 6) is 0.873. The molecule has 0 atom stereocenters. The minimum atomic E-state index is 0.835. The number of nitrogens with zero attached hydrogens (tertiary/aromatic N) is 3. The third-order valence-corrected chi connectivity index (χ3v) is 5.82. The van der Waals surface area contributed by atoms with Gasteiger partial charge in [0, 0.05) is 11.9 Å². The van der Waals surface area contributed by atoms with Crippen molar-refractivity contribution < 1.29 is 0 Å². The highest BCUT2D eigenvalue weighted by Crippen LogP contribution is 2.22. The van der Waals surface area contributed by atoms with E-state index in [0.29, 0.717) is 0 Å². The quantitative estimate of drug-likeness (QED) is 0.621. The van der Waals surface area contributed by atoms with Gasteiger partial charge in [0.25, 0.3) is 0 Å². The summed E-state index contributed by atoms with van der Waals surface area (Å²) in [6.45, 7) is 12.2. The van der Waals surface area contributed by atoms with Gasteiger partial charge in [0.15, 0.2) is 0 Å². The maximum Gasteiger partial charge on any atom is 0.203 e. The highest BCUT2D eigenvalue weighted by Gasteiger charge is 2.17. The molecule has 0 bridgehead atoms. The van der Waals surface area contributed by atoms with Gasteiger partial charge >= 0.3 is 0 Å². The van der Waals surface area contributed by atoms with E-state index in [-0.39, 0.29) is 0 Å². The van der Waals surface area contributed by atoms with Crippen LogP contribution in [0.4, 0.5) is 5.13 Å². The number of hydrazone groups is 1. The number of likely N-dealkylation sites (tertiary alicyclic amines) is 1. The Morgan fingerprint density at radius 3 is 2.72 bits per heavy atom. The van der Waals surface area contributed by atoms with Crippen molar-refractivity contribution in [3.63, 3.8) is 0 Å². The predicted octanol–water partition coefficient (Wildman–Crippen LogP) is 4.75. The topological polar surface area (TPSA) is 40.5 Å². The van der Waals surface area contributed by atoms with E-state index in [4.69, 9.17) is 0 Å². The van der Waals surface area contributed by atoms with Crippen molar-refractivity contribution in [2.24, 2.45) is 11.0 Å². The third kappa shape index (κ3) is 4.89. The van der Waals surface area contributed by atoms with Crippen molar-refractivity contribution >= 4 is 22.7 Å². The monoisotopic (exact) mass is 356 g/mol. The van der Waals surface area contributed by atoms with E-state index >= 15 is 0 Å². The van der Waals surface area contributed by atoms with E-state index < -0.39 is 0 Å². The summed E-state index contributed by atoms with van der Waals surface area (Å²) in [7, 11) is 0. The summed E-state index contributed by atoms with van der Waals surface area (Å²) in [4.78, 5) is 6.95. The molecule has 0 aliphatic carbocycles. The summed E-state index contributed by atoms with van der Waals surface area (Å²) in [6.07, 6.45) is 4.55. The molecule has 1 aromatic carbocycles. The van der Waals surface area contributed by atoms with Crippen LogP contribution in [0.5, 0.6) is 0 Å². The molecule has 2 heterocycles. The van der Waals surface area contributed by atoms with Gasteiger partial charge in [-0.1, -0.05) is 24.6 Å². The van der Waals surface area contributed by atoms with Gasteiger partial charge in [-0.25, -0.2) is 4.98 Å². The van der Waals surface area contributed by atoms with Crippen LogP contribution in [0.15, 0.2) is 22.6 Å². The molecule has 1 N–H and O–H groups in total. The van der Waals surface area contributed by atoms with Crippen molar-refractivity contribution in [3.05, 3.63) is 45.5 Å². The second kappa shape index (κ2) is 8.11. The molecule has 1 aromatic heterocycles. The lowest BCUT2D eigenvalue weighted by Crippen LogP contribution is -2.32. The maximum atomic E-state index is 4.38. The van der Waals surface area contributed by atoms with Crippen LogP contribution in [-0.4, -0.2) is 29.2 Å². The molecule has 5 heteroatoms. The van der Waals surface area contributed by atoms with Crippen molar-refractivity contribution in [2.45, 2.75) is 47.1 Å². The summed E-state index contributed by atoms with van der Waals surface area (Å²) >= 11 is 1.58. The number of thiazole rings is 1. The van der Waals surface area contributed by atoms with Gasteiger partial charge in [-0.05, 0) is 69.3 Å². The van der Waals surface area contributed by atoms with Gasteiger partial charge in [0.1, 0.15) is 0 Å². The molecular formula is C20H28N4S. The van der Waals surface area contributed by atoms with Crippen molar-refractivity contribution in [1.29, 1.82) is 0 Å². The first-order chi connectivity index (χ1) is 12.0. The van der Waals surface area contributed by atoms with Crippen molar-refractivity contribution in [2.75, 3.05) is 18.5 Å². The number of nitrogens with one attached hydrogen (secondary N) is 1. The second-order valence-corrected chi connectivity index (χ2v) is 8.12. The van der Waals surface area contributed by atoms with Gasteiger partial charge in [-0.15, -0.1) is 11.3 Å². The number of anilines is 1. The highest BCUT2D eigenvalue weighted by atomic mass is 32.1. The van der Waals surface area contributed by atoms with E-state index in [1.54, 1.807) is 11.3 Å². The molecule has 0 saturated carbocycles. The second-order valence-electron chi connectivity index (χ2n) is 7.26. The smallest absolute Gasteiger partial charge is 0.203 e. The fourth-order valence-electron chi connectivity index (χ4n) is 3.29. The molecular weight excluding hydrogens is 328 g/mol. The fraction of sp³-hybridized carbons (Fsp3) is 0.500. The zero-order valence-corrected chi connectivity index (χ0v) is 16.5. The minimum Gasteiger partial charge on any atom is -0.299 e. The van der Waals surface area contributed by atoms with Gasteiger partial charge in [-0.3, -0.25) is 10.3 Å². The van der Waals surface area contributed by atoms with Crippen molar-refractivity contribution in [3.8, 4) is 0 Å². The Balaban J connectivity index is 1.70. The molecule has 1 aliphatic heterocycles. The van der Waals surface area contributed by atoms with Crippen LogP contribution in [0.2, 0.25) is 0 Å². The number of aryl methyl sites for hydroxylation is 2. The van der Waals surface area contributed by atoms with Crippen LogP contribution in [0.3, 0.4) is 0 Å². The Labute approximate surface area is 155 Å². The molecule has 25 heavy (non-hydrogen) atoms. The number of benzene rings is 1. The van der Waals surface area contributed by atoms with Crippen LogP contribution in [0, 0.1) is 26.7 Å². The summed E-state index contributed by atoms with van der Waals surface area (Å²) in [5, 5.41) is 7.24. The normalized spacial score (nSPS) is 16.6. The summed E-state index contributed by atoms with van der Waals surface area (Å²) in [5.41, 5.74) is 9.27. The Morgan fingerprint density at radius 1 is 1.28 bits per heavy atom. The number of aromatic nitrogens is 1. The number of hydrogen-bond donors (Lipinski definition) is 1. The first-order valence-corrected chi connectivity index (χ1v) is 9.93. The lowest BCUT2D eigenvalue weighted by molar-refractivity contribution is 0.185. The SMILES string of the molecule is Cc1cc(C=NNc2nc(C)cs2)c(C)c(CN2CCC(C)CC2)c1. The molecule has 134 valence electrons. The Kier molecular flexibility index (Phi) is 5.86. The zero-order valence-electron chi connectivity index (χ0n) is 15.7. The molecule has 4 nitrogen and oxygen atoms in total. The van der Waals surface area contributed by atoms with Crippen molar-refractivity contribution in [1.82, 2.24) is 9.88 Å². The van der Waals surface area contributed by atoms with Gasteiger partial charge < -0.3 is 0 Å². The first-order valence-electron chi connectivity index (χ1n) is 9.05. The highest BCUT2D eigenvalue weighted by molar-refractivity contribution is 7.13. The molecule has 0 spiro atoms. The number of piperidine rings is 1. The van der Waals surface area contributed by atoms with E-state index in [1.165, 1.54) is 48.2 Å². The van der Waals surface area contributed by atoms with Crippen LogP contribution < -0.4 is 5.43 Å². The molecule has 3 rings (SSSR count). The lowest BCUT2D eigenvalue weighted by Gasteiger charge is -2.30. The van der Waals surface area contributed by atoms with Crippen LogP contribution >= 0.6 is 11.3 Å². The number of rotatable bonds is 5. The predicted molar refractivity (Wildman–Crippen MR) is 108 cm³/mol.